The van der Waals surface area contributed by atoms with E-state index in [0.29, 0.717) is 0 Å². The summed E-state index contributed by atoms with van der Waals surface area (Å²) in [6.45, 7) is 0. The van der Waals surface area contributed by atoms with Crippen LogP contribution in [0.5, 0.6) is 0 Å². The van der Waals surface area contributed by atoms with E-state index in [4.69, 9.17) is 4.42 Å². The van der Waals surface area contributed by atoms with E-state index in [1.165, 1.54) is 43.1 Å². The molecule has 0 radical (unpaired) electrons. The lowest BCUT2D eigenvalue weighted by molar-refractivity contribution is 0.619. The van der Waals surface area contributed by atoms with Crippen molar-refractivity contribution in [3.63, 3.8) is 0 Å². The molecule has 1 heteroatoms. The number of hydrogen-bond acceptors (Lipinski definition) is 1. The molecule has 0 atom stereocenters. The molecule has 5 aromatic carbocycles. The van der Waals surface area contributed by atoms with Crippen LogP contribution in [0.1, 0.15) is 0 Å². The fraction of sp³-hybridized carbons (Fsp3) is 0. The van der Waals surface area contributed by atoms with Gasteiger partial charge in [0.05, 0.1) is 6.26 Å². The number of rotatable bonds is 0. The molecule has 0 saturated heterocycles. The standard InChI is InChI=1S/C24H14O/c1-2-4-18-15(3-1)7-9-20-19(18)11-12-22-21(20)10-8-16-5-6-17-13-14-25-24(17)23(16)22/h1-14H. The molecule has 0 amide bonds. The van der Waals surface area contributed by atoms with Crippen LogP contribution < -0.4 is 0 Å². The first-order valence-electron chi connectivity index (χ1n) is 8.53. The molecule has 25 heavy (non-hydrogen) atoms. The first kappa shape index (κ1) is 13.0. The lowest BCUT2D eigenvalue weighted by Gasteiger charge is -2.10. The summed E-state index contributed by atoms with van der Waals surface area (Å²) in [5.41, 5.74) is 0.975. The fourth-order valence-corrected chi connectivity index (χ4v) is 4.15. The van der Waals surface area contributed by atoms with Gasteiger partial charge >= 0.3 is 0 Å². The van der Waals surface area contributed by atoms with E-state index in [1.807, 2.05) is 6.07 Å². The average Bonchev–Trinajstić information content (AvgIpc) is 3.15. The minimum atomic E-state index is 0.975. The zero-order chi connectivity index (χ0) is 16.4. The predicted octanol–water partition coefficient (Wildman–Crippen LogP) is 7.05. The van der Waals surface area contributed by atoms with E-state index < -0.39 is 0 Å². The van der Waals surface area contributed by atoms with Crippen molar-refractivity contribution in [2.24, 2.45) is 0 Å². The topological polar surface area (TPSA) is 13.1 Å². The summed E-state index contributed by atoms with van der Waals surface area (Å²) in [5.74, 6) is 0. The number of benzene rings is 5. The molecule has 1 heterocycles. The molecule has 0 aliphatic heterocycles. The minimum Gasteiger partial charge on any atom is -0.464 e. The van der Waals surface area contributed by atoms with Gasteiger partial charge in [0.25, 0.3) is 0 Å². The summed E-state index contributed by atoms with van der Waals surface area (Å²) >= 11 is 0. The van der Waals surface area contributed by atoms with Crippen LogP contribution in [0.3, 0.4) is 0 Å². The van der Waals surface area contributed by atoms with Gasteiger partial charge in [-0.15, -0.1) is 0 Å². The van der Waals surface area contributed by atoms with Gasteiger partial charge in [0, 0.05) is 10.8 Å². The van der Waals surface area contributed by atoms with Gasteiger partial charge < -0.3 is 4.42 Å². The summed E-state index contributed by atoms with van der Waals surface area (Å²) < 4.78 is 5.82. The third-order valence-electron chi connectivity index (χ3n) is 5.32. The lowest BCUT2D eigenvalue weighted by Crippen LogP contribution is -1.83. The van der Waals surface area contributed by atoms with E-state index in [0.717, 1.165) is 11.0 Å². The third-order valence-corrected chi connectivity index (χ3v) is 5.32. The normalized spacial score (nSPS) is 12.0. The zero-order valence-electron chi connectivity index (χ0n) is 13.5. The fourth-order valence-electron chi connectivity index (χ4n) is 4.15. The highest BCUT2D eigenvalue weighted by Gasteiger charge is 2.10. The van der Waals surface area contributed by atoms with Gasteiger partial charge in [0.1, 0.15) is 5.58 Å². The monoisotopic (exact) mass is 318 g/mol. The Morgan fingerprint density at radius 3 is 2.04 bits per heavy atom. The van der Waals surface area contributed by atoms with Crippen molar-refractivity contribution in [3.8, 4) is 0 Å². The molecule has 0 bridgehead atoms. The maximum absolute atomic E-state index is 5.82. The van der Waals surface area contributed by atoms with Gasteiger partial charge in [-0.1, -0.05) is 72.8 Å². The van der Waals surface area contributed by atoms with Crippen LogP contribution in [0.15, 0.2) is 89.5 Å². The van der Waals surface area contributed by atoms with Gasteiger partial charge in [-0.3, -0.25) is 0 Å². The van der Waals surface area contributed by atoms with Gasteiger partial charge in [0.15, 0.2) is 0 Å². The molecule has 0 fully saturated rings. The Morgan fingerprint density at radius 1 is 0.440 bits per heavy atom. The molecule has 6 rings (SSSR count). The van der Waals surface area contributed by atoms with Crippen LogP contribution in [0, 0.1) is 0 Å². The Morgan fingerprint density at radius 2 is 1.08 bits per heavy atom. The van der Waals surface area contributed by atoms with Crippen molar-refractivity contribution in [2.75, 3.05) is 0 Å². The Balaban J connectivity index is 1.89. The molecule has 0 aliphatic carbocycles. The van der Waals surface area contributed by atoms with Crippen molar-refractivity contribution in [1.82, 2.24) is 0 Å². The summed E-state index contributed by atoms with van der Waals surface area (Å²) in [6.07, 6.45) is 1.78. The predicted molar refractivity (Wildman–Crippen MR) is 106 cm³/mol. The summed E-state index contributed by atoms with van der Waals surface area (Å²) in [7, 11) is 0. The highest BCUT2D eigenvalue weighted by atomic mass is 16.3. The summed E-state index contributed by atoms with van der Waals surface area (Å²) in [6, 6.07) is 28.3. The second kappa shape index (κ2) is 4.61. The second-order valence-corrected chi connectivity index (χ2v) is 6.61. The van der Waals surface area contributed by atoms with E-state index in [-0.39, 0.29) is 0 Å². The van der Waals surface area contributed by atoms with Crippen molar-refractivity contribution in [2.45, 2.75) is 0 Å². The first-order chi connectivity index (χ1) is 12.4. The molecule has 1 aromatic heterocycles. The van der Waals surface area contributed by atoms with Gasteiger partial charge in [-0.2, -0.15) is 0 Å². The average molecular weight is 318 g/mol. The third kappa shape index (κ3) is 1.67. The SMILES string of the molecule is c1ccc2c(c1)ccc1c2ccc2c1ccc1ccc3ccoc3c12. The maximum atomic E-state index is 5.82. The molecule has 1 nitrogen and oxygen atoms in total. The molecule has 0 aliphatic rings. The second-order valence-electron chi connectivity index (χ2n) is 6.61. The van der Waals surface area contributed by atoms with Crippen molar-refractivity contribution >= 4 is 54.1 Å². The van der Waals surface area contributed by atoms with Crippen molar-refractivity contribution < 1.29 is 4.42 Å². The highest BCUT2D eigenvalue weighted by Crippen LogP contribution is 2.37. The Kier molecular flexibility index (Phi) is 2.40. The Bertz CT molecular complexity index is 1440. The quantitative estimate of drug-likeness (QED) is 0.274. The van der Waals surface area contributed by atoms with Crippen LogP contribution in [0.2, 0.25) is 0 Å². The molecule has 0 N–H and O–H groups in total. The number of hydrogen-bond donors (Lipinski definition) is 0. The number of fused-ring (bicyclic) bond motifs is 9. The molecule has 116 valence electrons. The van der Waals surface area contributed by atoms with Crippen LogP contribution in [0.25, 0.3) is 54.1 Å². The first-order valence-corrected chi connectivity index (χ1v) is 8.53. The van der Waals surface area contributed by atoms with Crippen LogP contribution in [-0.4, -0.2) is 0 Å². The van der Waals surface area contributed by atoms with Crippen LogP contribution >= 0.6 is 0 Å². The summed E-state index contributed by atoms with van der Waals surface area (Å²) in [5, 5.41) is 11.3. The van der Waals surface area contributed by atoms with Crippen LogP contribution in [0.4, 0.5) is 0 Å². The Hall–Kier alpha value is -3.32. The van der Waals surface area contributed by atoms with Crippen LogP contribution in [-0.2, 0) is 0 Å². The van der Waals surface area contributed by atoms with E-state index in [1.54, 1.807) is 6.26 Å². The van der Waals surface area contributed by atoms with E-state index >= 15 is 0 Å². The van der Waals surface area contributed by atoms with E-state index in [9.17, 15) is 0 Å². The summed E-state index contributed by atoms with van der Waals surface area (Å²) in [4.78, 5) is 0. The van der Waals surface area contributed by atoms with Gasteiger partial charge in [-0.25, -0.2) is 0 Å². The zero-order valence-corrected chi connectivity index (χ0v) is 13.5. The van der Waals surface area contributed by atoms with Gasteiger partial charge in [0.2, 0.25) is 0 Å². The molecule has 0 spiro atoms. The largest absolute Gasteiger partial charge is 0.464 e. The molecular weight excluding hydrogens is 304 g/mol. The minimum absolute atomic E-state index is 0.975. The highest BCUT2D eigenvalue weighted by molar-refractivity contribution is 6.25. The van der Waals surface area contributed by atoms with Gasteiger partial charge in [-0.05, 0) is 43.8 Å². The maximum Gasteiger partial charge on any atom is 0.142 e. The van der Waals surface area contributed by atoms with E-state index in [2.05, 4.69) is 72.8 Å². The van der Waals surface area contributed by atoms with Crippen molar-refractivity contribution in [3.05, 3.63) is 85.1 Å². The Labute approximate surface area is 144 Å². The number of furan rings is 1. The lowest BCUT2D eigenvalue weighted by atomic mass is 9.94. The molecular formula is C24H14O. The van der Waals surface area contributed by atoms with Crippen molar-refractivity contribution in [1.29, 1.82) is 0 Å². The smallest absolute Gasteiger partial charge is 0.142 e. The molecule has 6 aromatic rings. The molecule has 0 unspecified atom stereocenters. The molecule has 0 saturated carbocycles.